The fourth-order valence-electron chi connectivity index (χ4n) is 1.39. The second-order valence-electron chi connectivity index (χ2n) is 4.21. The predicted molar refractivity (Wildman–Crippen MR) is 63.0 cm³/mol. The van der Waals surface area contributed by atoms with Crippen molar-refractivity contribution in [1.29, 1.82) is 0 Å². The summed E-state index contributed by atoms with van der Waals surface area (Å²) in [6.45, 7) is 7.04. The predicted octanol–water partition coefficient (Wildman–Crippen LogP) is 2.01. The fraction of sp³-hybridized carbons (Fsp3) is 0.583. The highest BCUT2D eigenvalue weighted by atomic mass is 16.1. The number of ketones is 1. The van der Waals surface area contributed by atoms with Gasteiger partial charge in [-0.15, -0.1) is 0 Å². The Morgan fingerprint density at radius 1 is 1.56 bits per heavy atom. The van der Waals surface area contributed by atoms with Crippen LogP contribution in [0.15, 0.2) is 18.5 Å². The minimum Gasteiger partial charge on any atom is -0.294 e. The van der Waals surface area contributed by atoms with E-state index in [0.717, 1.165) is 18.8 Å². The number of hydrogen-bond acceptors (Lipinski definition) is 3. The van der Waals surface area contributed by atoms with Crippen molar-refractivity contribution in [2.75, 3.05) is 0 Å². The van der Waals surface area contributed by atoms with Gasteiger partial charge in [0, 0.05) is 6.54 Å². The summed E-state index contributed by atoms with van der Waals surface area (Å²) in [5.74, 6) is 1.33. The first-order chi connectivity index (χ1) is 7.63. The second kappa shape index (κ2) is 6.20. The van der Waals surface area contributed by atoms with Gasteiger partial charge in [-0.2, -0.15) is 5.10 Å². The van der Waals surface area contributed by atoms with Gasteiger partial charge >= 0.3 is 0 Å². The van der Waals surface area contributed by atoms with Crippen LogP contribution in [0.4, 0.5) is 0 Å². The molecule has 0 fully saturated rings. The van der Waals surface area contributed by atoms with Crippen LogP contribution in [0.5, 0.6) is 0 Å². The Bertz CT molecular complexity index is 366. The Kier molecular flexibility index (Phi) is 4.89. The van der Waals surface area contributed by atoms with Crippen molar-refractivity contribution < 1.29 is 4.79 Å². The van der Waals surface area contributed by atoms with E-state index in [-0.39, 0.29) is 5.78 Å². The van der Waals surface area contributed by atoms with Crippen LogP contribution < -0.4 is 0 Å². The fourth-order valence-corrected chi connectivity index (χ4v) is 1.39. The quantitative estimate of drug-likeness (QED) is 0.690. The number of aromatic nitrogens is 3. The van der Waals surface area contributed by atoms with Gasteiger partial charge in [-0.1, -0.05) is 26.8 Å². The van der Waals surface area contributed by atoms with Crippen molar-refractivity contribution in [3.05, 3.63) is 24.3 Å². The SMILES string of the molecule is CC/C=C/C(=O)Cc1ncnn1CC(C)C. The lowest BCUT2D eigenvalue weighted by Crippen LogP contribution is -2.13. The van der Waals surface area contributed by atoms with E-state index in [1.54, 1.807) is 6.08 Å². The van der Waals surface area contributed by atoms with Gasteiger partial charge in [0.25, 0.3) is 0 Å². The minimum absolute atomic E-state index is 0.0832. The van der Waals surface area contributed by atoms with Crippen LogP contribution in [0.3, 0.4) is 0 Å². The highest BCUT2D eigenvalue weighted by Crippen LogP contribution is 2.02. The third-order valence-electron chi connectivity index (χ3n) is 2.11. The lowest BCUT2D eigenvalue weighted by atomic mass is 10.2. The molecule has 0 aliphatic heterocycles. The molecule has 0 unspecified atom stereocenters. The van der Waals surface area contributed by atoms with E-state index in [0.29, 0.717) is 12.3 Å². The summed E-state index contributed by atoms with van der Waals surface area (Å²) >= 11 is 0. The Morgan fingerprint density at radius 2 is 2.31 bits per heavy atom. The molecule has 1 rings (SSSR count). The van der Waals surface area contributed by atoms with Gasteiger partial charge in [0.05, 0.1) is 6.42 Å². The summed E-state index contributed by atoms with van der Waals surface area (Å²) in [7, 11) is 0. The Balaban J connectivity index is 2.63. The molecular weight excluding hydrogens is 202 g/mol. The molecule has 0 saturated carbocycles. The molecule has 0 aromatic carbocycles. The normalized spacial score (nSPS) is 11.5. The van der Waals surface area contributed by atoms with E-state index in [9.17, 15) is 4.79 Å². The summed E-state index contributed by atoms with van der Waals surface area (Å²) in [6.07, 6.45) is 6.21. The average Bonchev–Trinajstić information content (AvgIpc) is 2.62. The van der Waals surface area contributed by atoms with Crippen LogP contribution in [0.1, 0.15) is 33.0 Å². The molecule has 0 spiro atoms. The molecule has 0 radical (unpaired) electrons. The molecule has 0 saturated heterocycles. The molecule has 88 valence electrons. The maximum absolute atomic E-state index is 11.5. The number of nitrogens with zero attached hydrogens (tertiary/aromatic N) is 3. The van der Waals surface area contributed by atoms with Crippen molar-refractivity contribution in [3.8, 4) is 0 Å². The van der Waals surface area contributed by atoms with Crippen LogP contribution in [0.2, 0.25) is 0 Å². The van der Waals surface area contributed by atoms with Gasteiger partial charge in [-0.05, 0) is 18.4 Å². The van der Waals surface area contributed by atoms with E-state index in [1.807, 2.05) is 17.7 Å². The monoisotopic (exact) mass is 221 g/mol. The minimum atomic E-state index is 0.0832. The first kappa shape index (κ1) is 12.6. The highest BCUT2D eigenvalue weighted by Gasteiger charge is 2.08. The Labute approximate surface area is 96.4 Å². The van der Waals surface area contributed by atoms with Crippen molar-refractivity contribution in [3.63, 3.8) is 0 Å². The molecule has 0 bridgehead atoms. The van der Waals surface area contributed by atoms with E-state index in [1.165, 1.54) is 6.33 Å². The molecule has 0 atom stereocenters. The molecule has 1 aromatic heterocycles. The maximum Gasteiger partial charge on any atom is 0.162 e. The second-order valence-corrected chi connectivity index (χ2v) is 4.21. The summed E-state index contributed by atoms with van der Waals surface area (Å²) in [5.41, 5.74) is 0. The van der Waals surface area contributed by atoms with Gasteiger partial charge in [0.2, 0.25) is 0 Å². The molecule has 0 N–H and O–H groups in total. The smallest absolute Gasteiger partial charge is 0.162 e. The van der Waals surface area contributed by atoms with E-state index in [4.69, 9.17) is 0 Å². The summed E-state index contributed by atoms with van der Waals surface area (Å²) in [6, 6.07) is 0. The number of allylic oxidation sites excluding steroid dienone is 2. The number of rotatable bonds is 6. The van der Waals surface area contributed by atoms with E-state index < -0.39 is 0 Å². The van der Waals surface area contributed by atoms with Crippen molar-refractivity contribution in [2.24, 2.45) is 5.92 Å². The molecular formula is C12H19N3O. The molecule has 0 aliphatic carbocycles. The molecule has 0 aliphatic rings. The molecule has 1 aromatic rings. The highest BCUT2D eigenvalue weighted by molar-refractivity contribution is 5.90. The lowest BCUT2D eigenvalue weighted by Gasteiger charge is -2.07. The Morgan fingerprint density at radius 3 is 2.94 bits per heavy atom. The standard InChI is InChI=1S/C12H19N3O/c1-4-5-6-11(16)7-12-13-9-14-15(12)8-10(2)3/h5-6,9-10H,4,7-8H2,1-3H3/b6-5+. The summed E-state index contributed by atoms with van der Waals surface area (Å²) in [5, 5.41) is 4.12. The number of carbonyl (C=O) groups excluding carboxylic acids is 1. The molecule has 4 nitrogen and oxygen atoms in total. The molecule has 16 heavy (non-hydrogen) atoms. The number of hydrogen-bond donors (Lipinski definition) is 0. The molecule has 0 amide bonds. The van der Waals surface area contributed by atoms with Gasteiger partial charge < -0.3 is 0 Å². The summed E-state index contributed by atoms with van der Waals surface area (Å²) in [4.78, 5) is 15.7. The van der Waals surface area contributed by atoms with Gasteiger partial charge in [-0.25, -0.2) is 9.67 Å². The van der Waals surface area contributed by atoms with Crippen molar-refractivity contribution in [2.45, 2.75) is 40.2 Å². The van der Waals surface area contributed by atoms with Crippen molar-refractivity contribution in [1.82, 2.24) is 14.8 Å². The molecule has 4 heteroatoms. The largest absolute Gasteiger partial charge is 0.294 e. The Hall–Kier alpha value is -1.45. The van der Waals surface area contributed by atoms with Crippen LogP contribution >= 0.6 is 0 Å². The van der Waals surface area contributed by atoms with Crippen LogP contribution in [0.25, 0.3) is 0 Å². The third-order valence-corrected chi connectivity index (χ3v) is 2.11. The van der Waals surface area contributed by atoms with Crippen molar-refractivity contribution >= 4 is 5.78 Å². The first-order valence-electron chi connectivity index (χ1n) is 5.69. The van der Waals surface area contributed by atoms with Crippen LogP contribution in [0, 0.1) is 5.92 Å². The third kappa shape index (κ3) is 3.96. The van der Waals surface area contributed by atoms with Gasteiger partial charge in [0.1, 0.15) is 12.2 Å². The van der Waals surface area contributed by atoms with Crippen LogP contribution in [-0.4, -0.2) is 20.5 Å². The molecule has 1 heterocycles. The topological polar surface area (TPSA) is 47.8 Å². The zero-order valence-corrected chi connectivity index (χ0v) is 10.2. The van der Waals surface area contributed by atoms with E-state index in [2.05, 4.69) is 23.9 Å². The maximum atomic E-state index is 11.5. The van der Waals surface area contributed by atoms with Gasteiger partial charge in [0.15, 0.2) is 5.78 Å². The summed E-state index contributed by atoms with van der Waals surface area (Å²) < 4.78 is 1.81. The van der Waals surface area contributed by atoms with Gasteiger partial charge in [-0.3, -0.25) is 4.79 Å². The van der Waals surface area contributed by atoms with Crippen LogP contribution in [-0.2, 0) is 17.8 Å². The van der Waals surface area contributed by atoms with E-state index >= 15 is 0 Å². The lowest BCUT2D eigenvalue weighted by molar-refractivity contribution is -0.114. The number of carbonyl (C=O) groups is 1. The average molecular weight is 221 g/mol. The zero-order valence-electron chi connectivity index (χ0n) is 10.2. The first-order valence-corrected chi connectivity index (χ1v) is 5.69. The zero-order chi connectivity index (χ0) is 12.0.